The van der Waals surface area contributed by atoms with E-state index in [1.807, 2.05) is 24.3 Å². The minimum absolute atomic E-state index is 0.220. The summed E-state index contributed by atoms with van der Waals surface area (Å²) in [6.45, 7) is -0.234. The predicted octanol–water partition coefficient (Wildman–Crippen LogP) is 3.35. The number of nitrogens with zero attached hydrogens (tertiary/aromatic N) is 3. The molecule has 0 saturated carbocycles. The van der Waals surface area contributed by atoms with Crippen LogP contribution in [0.2, 0.25) is 10.0 Å². The van der Waals surface area contributed by atoms with E-state index in [-0.39, 0.29) is 17.4 Å². The van der Waals surface area contributed by atoms with Crippen LogP contribution in [0, 0.1) is 0 Å². The molecule has 0 spiro atoms. The van der Waals surface area contributed by atoms with E-state index in [2.05, 4.69) is 20.3 Å². The van der Waals surface area contributed by atoms with Gasteiger partial charge in [-0.3, -0.25) is 4.79 Å². The Hall–Kier alpha value is -2.44. The van der Waals surface area contributed by atoms with Gasteiger partial charge in [-0.1, -0.05) is 35.3 Å². The van der Waals surface area contributed by atoms with E-state index in [0.717, 1.165) is 10.9 Å². The van der Waals surface area contributed by atoms with Crippen molar-refractivity contribution in [2.75, 3.05) is 11.9 Å². The Bertz CT molecular complexity index is 868. The van der Waals surface area contributed by atoms with Crippen molar-refractivity contribution in [1.82, 2.24) is 15.0 Å². The molecule has 0 atom stereocenters. The summed E-state index contributed by atoms with van der Waals surface area (Å²) >= 11 is 11.7. The maximum atomic E-state index is 11.9. The number of benzene rings is 1. The Kier molecular flexibility index (Phi) is 4.55. The molecule has 1 aromatic carbocycles. The normalized spacial score (nSPS) is 10.5. The van der Waals surface area contributed by atoms with Crippen LogP contribution in [0.15, 0.2) is 42.9 Å². The number of aromatic nitrogens is 3. The molecule has 23 heavy (non-hydrogen) atoms. The number of carbonyl (C=O) groups excluding carboxylic acids is 1. The molecule has 0 aliphatic rings. The Labute approximate surface area is 141 Å². The molecular formula is C15H10Cl2N4O2. The first-order chi connectivity index (χ1) is 11.1. The van der Waals surface area contributed by atoms with Gasteiger partial charge >= 0.3 is 0 Å². The second-order valence-electron chi connectivity index (χ2n) is 4.52. The van der Waals surface area contributed by atoms with Gasteiger partial charge in [-0.2, -0.15) is 0 Å². The summed E-state index contributed by atoms with van der Waals surface area (Å²) in [5.41, 5.74) is 0.736. The van der Waals surface area contributed by atoms with Crippen molar-refractivity contribution in [3.05, 3.63) is 52.9 Å². The Morgan fingerprint density at radius 3 is 2.83 bits per heavy atom. The topological polar surface area (TPSA) is 77.0 Å². The third kappa shape index (κ3) is 3.67. The Morgan fingerprint density at radius 1 is 1.17 bits per heavy atom. The van der Waals surface area contributed by atoms with Gasteiger partial charge in [0.2, 0.25) is 5.88 Å². The third-order valence-electron chi connectivity index (χ3n) is 2.91. The molecular weight excluding hydrogens is 339 g/mol. The summed E-state index contributed by atoms with van der Waals surface area (Å²) in [6, 6.07) is 8.85. The van der Waals surface area contributed by atoms with Crippen LogP contribution >= 0.6 is 23.2 Å². The van der Waals surface area contributed by atoms with Crippen molar-refractivity contribution in [3.63, 3.8) is 0 Å². The highest BCUT2D eigenvalue weighted by Crippen LogP contribution is 2.23. The largest absolute Gasteiger partial charge is 0.467 e. The molecule has 1 N–H and O–H groups in total. The molecule has 8 heteroatoms. The van der Waals surface area contributed by atoms with Crippen LogP contribution in [0.25, 0.3) is 10.9 Å². The average molecular weight is 349 g/mol. The van der Waals surface area contributed by atoms with Crippen molar-refractivity contribution < 1.29 is 9.53 Å². The molecule has 0 radical (unpaired) electrons. The van der Waals surface area contributed by atoms with E-state index < -0.39 is 5.91 Å². The highest BCUT2D eigenvalue weighted by atomic mass is 35.5. The number of ether oxygens (including phenoxy) is 1. The number of amides is 1. The molecule has 0 aliphatic heterocycles. The smallest absolute Gasteiger partial charge is 0.263 e. The van der Waals surface area contributed by atoms with E-state index in [4.69, 9.17) is 27.9 Å². The maximum Gasteiger partial charge on any atom is 0.263 e. The number of nitrogens with one attached hydrogen (secondary N) is 1. The lowest BCUT2D eigenvalue weighted by molar-refractivity contribution is -0.118. The Morgan fingerprint density at radius 2 is 2.00 bits per heavy atom. The number of fused-ring (bicyclic) bond motifs is 1. The fourth-order valence-corrected chi connectivity index (χ4v) is 2.33. The molecule has 2 heterocycles. The molecule has 0 fully saturated rings. The molecule has 0 saturated heterocycles. The Balaban J connectivity index is 1.69. The number of pyridine rings is 1. The van der Waals surface area contributed by atoms with E-state index in [9.17, 15) is 4.79 Å². The van der Waals surface area contributed by atoms with Gasteiger partial charge in [0.15, 0.2) is 12.4 Å². The zero-order valence-electron chi connectivity index (χ0n) is 11.7. The van der Waals surface area contributed by atoms with Crippen molar-refractivity contribution in [3.8, 4) is 5.88 Å². The molecule has 3 rings (SSSR count). The lowest BCUT2D eigenvalue weighted by Crippen LogP contribution is -2.21. The van der Waals surface area contributed by atoms with Crippen molar-refractivity contribution in [2.24, 2.45) is 0 Å². The van der Waals surface area contributed by atoms with Crippen molar-refractivity contribution in [1.29, 1.82) is 0 Å². The van der Waals surface area contributed by atoms with Crippen LogP contribution in [-0.2, 0) is 4.79 Å². The SMILES string of the molecule is O=C(COc1ncnc2ccccc12)Nc1ncc(Cl)cc1Cl. The van der Waals surface area contributed by atoms with Crippen LogP contribution in [0.1, 0.15) is 0 Å². The van der Waals surface area contributed by atoms with E-state index >= 15 is 0 Å². The van der Waals surface area contributed by atoms with Crippen LogP contribution in [0.5, 0.6) is 5.88 Å². The summed E-state index contributed by atoms with van der Waals surface area (Å²) in [7, 11) is 0. The van der Waals surface area contributed by atoms with Gasteiger partial charge in [0.1, 0.15) is 6.33 Å². The molecule has 6 nitrogen and oxygen atoms in total. The second kappa shape index (κ2) is 6.76. The summed E-state index contributed by atoms with van der Waals surface area (Å²) in [5.74, 6) is 0.141. The number of anilines is 1. The standard InChI is InChI=1S/C15H10Cl2N4O2/c16-9-5-11(17)14(18-6-9)21-13(22)7-23-15-10-3-1-2-4-12(10)19-8-20-15/h1-6,8H,7H2,(H,18,21,22). The monoisotopic (exact) mass is 348 g/mol. The van der Waals surface area contributed by atoms with Crippen LogP contribution < -0.4 is 10.1 Å². The number of halogens is 2. The highest BCUT2D eigenvalue weighted by Gasteiger charge is 2.10. The first-order valence-electron chi connectivity index (χ1n) is 6.57. The van der Waals surface area contributed by atoms with Crippen molar-refractivity contribution in [2.45, 2.75) is 0 Å². The maximum absolute atomic E-state index is 11.9. The summed E-state index contributed by atoms with van der Waals surface area (Å²) in [4.78, 5) is 24.1. The lowest BCUT2D eigenvalue weighted by Gasteiger charge is -2.09. The molecule has 0 aliphatic carbocycles. The first-order valence-corrected chi connectivity index (χ1v) is 7.32. The number of para-hydroxylation sites is 1. The van der Waals surface area contributed by atoms with E-state index in [1.54, 1.807) is 0 Å². The van der Waals surface area contributed by atoms with Crippen LogP contribution in [0.3, 0.4) is 0 Å². The molecule has 0 unspecified atom stereocenters. The third-order valence-corrected chi connectivity index (χ3v) is 3.41. The predicted molar refractivity (Wildman–Crippen MR) is 87.9 cm³/mol. The van der Waals surface area contributed by atoms with E-state index in [1.165, 1.54) is 18.6 Å². The summed E-state index contributed by atoms with van der Waals surface area (Å²) in [5, 5.41) is 3.91. The summed E-state index contributed by atoms with van der Waals surface area (Å²) in [6.07, 6.45) is 2.77. The molecule has 1 amide bonds. The minimum Gasteiger partial charge on any atom is -0.467 e. The van der Waals surface area contributed by atoms with Gasteiger partial charge in [0.05, 0.1) is 20.9 Å². The fourth-order valence-electron chi connectivity index (χ4n) is 1.90. The van der Waals surface area contributed by atoms with Crippen LogP contribution in [-0.4, -0.2) is 27.5 Å². The van der Waals surface area contributed by atoms with Gasteiger partial charge in [-0.25, -0.2) is 15.0 Å². The molecule has 0 bridgehead atoms. The zero-order valence-corrected chi connectivity index (χ0v) is 13.2. The van der Waals surface area contributed by atoms with Crippen molar-refractivity contribution >= 4 is 45.8 Å². The molecule has 116 valence electrons. The van der Waals surface area contributed by atoms with Crippen LogP contribution in [0.4, 0.5) is 5.82 Å². The minimum atomic E-state index is -0.413. The van der Waals surface area contributed by atoms with Gasteiger partial charge in [-0.15, -0.1) is 0 Å². The first kappa shape index (κ1) is 15.5. The van der Waals surface area contributed by atoms with E-state index in [0.29, 0.717) is 10.9 Å². The van der Waals surface area contributed by atoms with Gasteiger partial charge in [-0.05, 0) is 18.2 Å². The van der Waals surface area contributed by atoms with Gasteiger partial charge in [0.25, 0.3) is 5.91 Å². The lowest BCUT2D eigenvalue weighted by atomic mass is 10.2. The van der Waals surface area contributed by atoms with Gasteiger partial charge < -0.3 is 10.1 Å². The second-order valence-corrected chi connectivity index (χ2v) is 5.36. The quantitative estimate of drug-likeness (QED) is 0.782. The number of hydrogen-bond acceptors (Lipinski definition) is 5. The average Bonchev–Trinajstić information content (AvgIpc) is 2.55. The number of carbonyl (C=O) groups is 1. The summed E-state index contributed by atoms with van der Waals surface area (Å²) < 4.78 is 5.46. The molecule has 2 aromatic heterocycles. The highest BCUT2D eigenvalue weighted by molar-refractivity contribution is 6.36. The number of hydrogen-bond donors (Lipinski definition) is 1. The fraction of sp³-hybridized carbons (Fsp3) is 0.0667. The van der Waals surface area contributed by atoms with Gasteiger partial charge in [0, 0.05) is 6.20 Å². The molecule has 3 aromatic rings. The number of rotatable bonds is 4. The zero-order chi connectivity index (χ0) is 16.2.